The Hall–Kier alpha value is -3.33. The number of anilines is 2. The maximum Gasteiger partial charge on any atom is 0.251 e. The van der Waals surface area contributed by atoms with Gasteiger partial charge in [0, 0.05) is 34.7 Å². The summed E-state index contributed by atoms with van der Waals surface area (Å²) in [4.78, 5) is 34.9. The molecule has 0 radical (unpaired) electrons. The van der Waals surface area contributed by atoms with Gasteiger partial charge in [0.05, 0.1) is 41.5 Å². The molecule has 1 atom stereocenters. The van der Waals surface area contributed by atoms with E-state index in [1.165, 1.54) is 17.3 Å². The number of carbonyl (C=O) groups excluding carboxylic acids is 2. The lowest BCUT2D eigenvalue weighted by Crippen LogP contribution is -2.40. The van der Waals surface area contributed by atoms with Crippen LogP contribution in [0.1, 0.15) is 41.6 Å². The summed E-state index contributed by atoms with van der Waals surface area (Å²) < 4.78 is 5.35. The molecular weight excluding hydrogens is 474 g/mol. The van der Waals surface area contributed by atoms with Crippen LogP contribution >= 0.6 is 11.8 Å². The summed E-state index contributed by atoms with van der Waals surface area (Å²) in [6.45, 7) is 0.935. The molecule has 3 aliphatic rings. The van der Waals surface area contributed by atoms with Crippen LogP contribution in [0.2, 0.25) is 0 Å². The number of nitrogens with zero attached hydrogens (tertiary/aromatic N) is 2. The van der Waals surface area contributed by atoms with Crippen molar-refractivity contribution in [3.8, 4) is 5.88 Å². The van der Waals surface area contributed by atoms with E-state index < -0.39 is 0 Å². The van der Waals surface area contributed by atoms with Crippen molar-refractivity contribution in [1.82, 2.24) is 15.3 Å². The Morgan fingerprint density at radius 3 is 2.81 bits per heavy atom. The molecule has 8 nitrogen and oxygen atoms in total. The van der Waals surface area contributed by atoms with E-state index in [2.05, 4.69) is 20.9 Å². The number of benzene rings is 1. The van der Waals surface area contributed by atoms with Gasteiger partial charge in [-0.3, -0.25) is 14.6 Å². The van der Waals surface area contributed by atoms with Crippen molar-refractivity contribution in [2.45, 2.75) is 43.0 Å². The topological polar surface area (TPSA) is 105 Å². The van der Waals surface area contributed by atoms with Gasteiger partial charge in [0.2, 0.25) is 11.8 Å². The summed E-state index contributed by atoms with van der Waals surface area (Å²) in [6, 6.07) is 9.54. The predicted molar refractivity (Wildman–Crippen MR) is 141 cm³/mol. The van der Waals surface area contributed by atoms with Gasteiger partial charge in [0.25, 0.3) is 5.91 Å². The lowest BCUT2D eigenvalue weighted by Gasteiger charge is -2.37. The van der Waals surface area contributed by atoms with Crippen molar-refractivity contribution in [2.75, 3.05) is 30.0 Å². The van der Waals surface area contributed by atoms with Crippen molar-refractivity contribution < 1.29 is 14.3 Å². The fraction of sp³-hybridized carbons (Fsp3) is 0.407. The van der Waals surface area contributed by atoms with Crippen molar-refractivity contribution >= 4 is 46.0 Å². The van der Waals surface area contributed by atoms with Crippen LogP contribution in [-0.2, 0) is 11.2 Å². The molecule has 0 saturated heterocycles. The molecule has 0 spiro atoms. The first kappa shape index (κ1) is 23.1. The van der Waals surface area contributed by atoms with Crippen LogP contribution in [0.25, 0.3) is 11.0 Å². The van der Waals surface area contributed by atoms with Gasteiger partial charge in [-0.05, 0) is 68.2 Å². The van der Waals surface area contributed by atoms with E-state index in [0.29, 0.717) is 29.0 Å². The molecule has 2 aromatic heterocycles. The van der Waals surface area contributed by atoms with Gasteiger partial charge < -0.3 is 20.7 Å². The molecule has 36 heavy (non-hydrogen) atoms. The lowest BCUT2D eigenvalue weighted by molar-refractivity contribution is -0.113. The predicted octanol–water partition coefficient (Wildman–Crippen LogP) is 4.26. The van der Waals surface area contributed by atoms with E-state index in [1.54, 1.807) is 13.2 Å². The van der Waals surface area contributed by atoms with Crippen LogP contribution < -0.4 is 20.7 Å². The minimum absolute atomic E-state index is 0.0256. The highest BCUT2D eigenvalue weighted by Crippen LogP contribution is 2.38. The summed E-state index contributed by atoms with van der Waals surface area (Å²) in [5.41, 5.74) is 5.43. The Kier molecular flexibility index (Phi) is 6.17. The summed E-state index contributed by atoms with van der Waals surface area (Å²) in [5, 5.41) is 9.68. The summed E-state index contributed by atoms with van der Waals surface area (Å²) in [6.07, 6.45) is 7.01. The number of carbonyl (C=O) groups is 2. The molecule has 3 N–H and O–H groups in total. The number of ether oxygens (including phenoxy) is 1. The molecule has 186 valence electrons. The third kappa shape index (κ3) is 4.48. The van der Waals surface area contributed by atoms with Gasteiger partial charge in [0.1, 0.15) is 0 Å². The monoisotopic (exact) mass is 503 g/mol. The third-order valence-electron chi connectivity index (χ3n) is 7.67. The van der Waals surface area contributed by atoms with E-state index in [4.69, 9.17) is 9.72 Å². The first-order valence-electron chi connectivity index (χ1n) is 12.5. The number of rotatable bonds is 4. The molecule has 1 saturated carbocycles. The normalized spacial score (nSPS) is 23.1. The number of methoxy groups -OCH3 is 1. The molecular formula is C27H29N5O3S. The molecule has 0 bridgehead atoms. The summed E-state index contributed by atoms with van der Waals surface area (Å²) in [7, 11) is 1.64. The van der Waals surface area contributed by atoms with Crippen LogP contribution in [-0.4, -0.2) is 47.2 Å². The van der Waals surface area contributed by atoms with E-state index in [-0.39, 0.29) is 17.9 Å². The number of aromatic nitrogens is 2. The Balaban J connectivity index is 1.09. The maximum absolute atomic E-state index is 12.9. The van der Waals surface area contributed by atoms with E-state index in [0.717, 1.165) is 66.0 Å². The maximum atomic E-state index is 12.9. The quantitative estimate of drug-likeness (QED) is 0.489. The van der Waals surface area contributed by atoms with E-state index in [9.17, 15) is 9.59 Å². The highest BCUT2D eigenvalue weighted by atomic mass is 32.2. The molecule has 9 heteroatoms. The Bertz CT molecular complexity index is 1330. The lowest BCUT2D eigenvalue weighted by atomic mass is 9.74. The molecule has 1 fully saturated rings. The smallest absolute Gasteiger partial charge is 0.251 e. The molecule has 1 aliphatic carbocycles. The van der Waals surface area contributed by atoms with Gasteiger partial charge in [-0.1, -0.05) is 0 Å². The van der Waals surface area contributed by atoms with Crippen molar-refractivity contribution in [2.24, 2.45) is 11.8 Å². The molecule has 4 heterocycles. The fourth-order valence-corrected chi connectivity index (χ4v) is 6.50. The second kappa shape index (κ2) is 9.61. The van der Waals surface area contributed by atoms with Gasteiger partial charge in [-0.25, -0.2) is 4.98 Å². The third-order valence-corrected chi connectivity index (χ3v) is 8.74. The molecule has 3 aromatic rings. The molecule has 6 rings (SSSR count). The zero-order valence-corrected chi connectivity index (χ0v) is 21.0. The molecule has 2 amide bonds. The average Bonchev–Trinajstić information content (AvgIpc) is 2.92. The minimum atomic E-state index is -0.0710. The zero-order valence-electron chi connectivity index (χ0n) is 20.2. The molecule has 2 aliphatic heterocycles. The van der Waals surface area contributed by atoms with Crippen LogP contribution in [0.5, 0.6) is 5.88 Å². The molecule has 1 unspecified atom stereocenters. The number of pyridine rings is 2. The average molecular weight is 504 g/mol. The first-order chi connectivity index (χ1) is 17.6. The number of amides is 2. The largest absolute Gasteiger partial charge is 0.481 e. The number of hydrogen-bond acceptors (Lipinski definition) is 7. The summed E-state index contributed by atoms with van der Waals surface area (Å²) in [5.74, 6) is 2.05. The SMILES string of the molecule is COc1ccc2ncc3c(c2n1)CC(C1CCC(NC(=O)c2ccc4c(c2)NC(=O)CS4)CC1)CN3. The Labute approximate surface area is 214 Å². The second-order valence-electron chi connectivity index (χ2n) is 9.85. The number of thioether (sulfide) groups is 1. The van der Waals surface area contributed by atoms with Crippen LogP contribution in [0.4, 0.5) is 11.4 Å². The van der Waals surface area contributed by atoms with E-state index >= 15 is 0 Å². The van der Waals surface area contributed by atoms with Crippen molar-refractivity contribution in [1.29, 1.82) is 0 Å². The van der Waals surface area contributed by atoms with Crippen LogP contribution in [0.15, 0.2) is 41.4 Å². The minimum Gasteiger partial charge on any atom is -0.481 e. The van der Waals surface area contributed by atoms with Crippen molar-refractivity contribution in [3.05, 3.63) is 47.7 Å². The van der Waals surface area contributed by atoms with Crippen molar-refractivity contribution in [3.63, 3.8) is 0 Å². The van der Waals surface area contributed by atoms with Gasteiger partial charge in [0.15, 0.2) is 0 Å². The number of nitrogens with one attached hydrogen (secondary N) is 3. The highest BCUT2D eigenvalue weighted by Gasteiger charge is 2.32. The zero-order chi connectivity index (χ0) is 24.6. The Morgan fingerprint density at radius 1 is 1.11 bits per heavy atom. The highest BCUT2D eigenvalue weighted by molar-refractivity contribution is 8.00. The standard InChI is InChI=1S/C27H29N5O3S/c1-35-25-9-7-20-26(32-25)19-10-17(12-28-22(19)13-29-20)15-2-5-18(6-3-15)30-27(34)16-4-8-23-21(11-16)31-24(33)14-36-23/h4,7-9,11,13,15,17-18,28H,2-3,5-6,10,12,14H2,1H3,(H,30,34)(H,31,33). The fourth-order valence-electron chi connectivity index (χ4n) is 5.71. The molecule has 1 aromatic carbocycles. The van der Waals surface area contributed by atoms with Gasteiger partial charge >= 0.3 is 0 Å². The summed E-state index contributed by atoms with van der Waals surface area (Å²) >= 11 is 1.50. The van der Waals surface area contributed by atoms with Gasteiger partial charge in [-0.2, -0.15) is 0 Å². The number of fused-ring (bicyclic) bond motifs is 4. The first-order valence-corrected chi connectivity index (χ1v) is 13.5. The Morgan fingerprint density at radius 2 is 1.97 bits per heavy atom. The number of hydrogen-bond donors (Lipinski definition) is 3. The second-order valence-corrected chi connectivity index (χ2v) is 10.9. The van der Waals surface area contributed by atoms with Gasteiger partial charge in [-0.15, -0.1) is 11.8 Å². The van der Waals surface area contributed by atoms with Crippen LogP contribution in [0.3, 0.4) is 0 Å². The van der Waals surface area contributed by atoms with Crippen LogP contribution in [0, 0.1) is 11.8 Å². The van der Waals surface area contributed by atoms with E-state index in [1.807, 2.05) is 30.5 Å².